The van der Waals surface area contributed by atoms with E-state index in [9.17, 15) is 10.1 Å². The molecule has 0 saturated heterocycles. The number of amides is 1. The van der Waals surface area contributed by atoms with Gasteiger partial charge in [0.15, 0.2) is 11.5 Å². The highest BCUT2D eigenvalue weighted by molar-refractivity contribution is 6.01. The molecule has 1 N–H and O–H groups in total. The lowest BCUT2D eigenvalue weighted by atomic mass is 10.1. The zero-order valence-corrected chi connectivity index (χ0v) is 15.7. The SMILES string of the molecule is CCCCNC(=O)/C(C#N)=C/c1ccc(OCc2ccccc2)c(OC)c1. The number of carbonyl (C=O) groups is 1. The monoisotopic (exact) mass is 364 g/mol. The van der Waals surface area contributed by atoms with Crippen LogP contribution in [-0.2, 0) is 11.4 Å². The molecule has 0 aliphatic heterocycles. The molecule has 2 aromatic carbocycles. The summed E-state index contributed by atoms with van der Waals surface area (Å²) in [5.74, 6) is 0.780. The van der Waals surface area contributed by atoms with E-state index in [1.165, 1.54) is 0 Å². The topological polar surface area (TPSA) is 71.4 Å². The molecule has 0 atom stereocenters. The Labute approximate surface area is 160 Å². The Hall–Kier alpha value is -3.26. The Morgan fingerprint density at radius 3 is 2.63 bits per heavy atom. The molecule has 2 aromatic rings. The molecule has 0 saturated carbocycles. The van der Waals surface area contributed by atoms with E-state index in [-0.39, 0.29) is 11.5 Å². The largest absolute Gasteiger partial charge is 0.493 e. The highest BCUT2D eigenvalue weighted by atomic mass is 16.5. The maximum atomic E-state index is 12.1. The van der Waals surface area contributed by atoms with Crippen LogP contribution in [0.2, 0.25) is 0 Å². The number of nitriles is 1. The van der Waals surface area contributed by atoms with E-state index in [1.807, 2.05) is 43.3 Å². The van der Waals surface area contributed by atoms with Crippen LogP contribution in [0.3, 0.4) is 0 Å². The number of nitrogens with zero attached hydrogens (tertiary/aromatic N) is 1. The van der Waals surface area contributed by atoms with Crippen molar-refractivity contribution in [3.63, 3.8) is 0 Å². The second-order valence-corrected chi connectivity index (χ2v) is 5.96. The summed E-state index contributed by atoms with van der Waals surface area (Å²) in [4.78, 5) is 12.1. The second-order valence-electron chi connectivity index (χ2n) is 5.96. The van der Waals surface area contributed by atoms with Gasteiger partial charge in [-0.05, 0) is 35.8 Å². The van der Waals surface area contributed by atoms with Crippen molar-refractivity contribution in [3.05, 3.63) is 65.2 Å². The molecule has 5 nitrogen and oxygen atoms in total. The van der Waals surface area contributed by atoms with Crippen molar-refractivity contribution in [1.82, 2.24) is 5.32 Å². The number of ether oxygens (including phenoxy) is 2. The smallest absolute Gasteiger partial charge is 0.261 e. The second kappa shape index (κ2) is 10.7. The normalized spacial score (nSPS) is 10.8. The van der Waals surface area contributed by atoms with Crippen molar-refractivity contribution >= 4 is 12.0 Å². The molecule has 0 heterocycles. The molecule has 5 heteroatoms. The molecule has 0 bridgehead atoms. The van der Waals surface area contributed by atoms with E-state index < -0.39 is 0 Å². The van der Waals surface area contributed by atoms with Crippen LogP contribution < -0.4 is 14.8 Å². The fourth-order valence-corrected chi connectivity index (χ4v) is 2.42. The Kier molecular flexibility index (Phi) is 7.92. The van der Waals surface area contributed by atoms with Crippen LogP contribution >= 0.6 is 0 Å². The van der Waals surface area contributed by atoms with Crippen LogP contribution in [0.15, 0.2) is 54.1 Å². The van der Waals surface area contributed by atoms with E-state index in [4.69, 9.17) is 9.47 Å². The Balaban J connectivity index is 2.11. The molecule has 0 spiro atoms. The minimum atomic E-state index is -0.366. The first-order valence-electron chi connectivity index (χ1n) is 8.92. The number of rotatable bonds is 9. The number of unbranched alkanes of at least 4 members (excludes halogenated alkanes) is 1. The van der Waals surface area contributed by atoms with Crippen LogP contribution in [0.4, 0.5) is 0 Å². The van der Waals surface area contributed by atoms with E-state index in [1.54, 1.807) is 31.4 Å². The third kappa shape index (κ3) is 6.19. The molecule has 2 rings (SSSR count). The van der Waals surface area contributed by atoms with Gasteiger partial charge in [-0.2, -0.15) is 5.26 Å². The fourth-order valence-electron chi connectivity index (χ4n) is 2.42. The van der Waals surface area contributed by atoms with E-state index in [0.29, 0.717) is 30.2 Å². The Bertz CT molecular complexity index is 823. The average Bonchev–Trinajstić information content (AvgIpc) is 2.71. The average molecular weight is 364 g/mol. The molecular weight excluding hydrogens is 340 g/mol. The Morgan fingerprint density at radius 1 is 1.19 bits per heavy atom. The van der Waals surface area contributed by atoms with Crippen molar-refractivity contribution in [3.8, 4) is 17.6 Å². The Morgan fingerprint density at radius 2 is 1.96 bits per heavy atom. The molecule has 0 fully saturated rings. The predicted octanol–water partition coefficient (Wildman–Crippen LogP) is 4.10. The van der Waals surface area contributed by atoms with Gasteiger partial charge in [-0.15, -0.1) is 0 Å². The lowest BCUT2D eigenvalue weighted by Crippen LogP contribution is -2.25. The van der Waals surface area contributed by atoms with Gasteiger partial charge in [-0.1, -0.05) is 49.7 Å². The lowest BCUT2D eigenvalue weighted by molar-refractivity contribution is -0.117. The molecule has 0 radical (unpaired) electrons. The van der Waals surface area contributed by atoms with Crippen molar-refractivity contribution in [2.75, 3.05) is 13.7 Å². The highest BCUT2D eigenvalue weighted by Gasteiger charge is 2.10. The van der Waals surface area contributed by atoms with Gasteiger partial charge in [0.1, 0.15) is 18.2 Å². The van der Waals surface area contributed by atoms with Gasteiger partial charge in [0, 0.05) is 6.54 Å². The summed E-state index contributed by atoms with van der Waals surface area (Å²) in [6, 6.07) is 17.1. The van der Waals surface area contributed by atoms with Gasteiger partial charge < -0.3 is 14.8 Å². The number of hydrogen-bond acceptors (Lipinski definition) is 4. The van der Waals surface area contributed by atoms with Crippen LogP contribution in [0.5, 0.6) is 11.5 Å². The fraction of sp³-hybridized carbons (Fsp3) is 0.273. The highest BCUT2D eigenvalue weighted by Crippen LogP contribution is 2.29. The van der Waals surface area contributed by atoms with Crippen molar-refractivity contribution < 1.29 is 14.3 Å². The molecule has 0 unspecified atom stereocenters. The molecular formula is C22H24N2O3. The molecule has 1 amide bonds. The van der Waals surface area contributed by atoms with Crippen LogP contribution in [0.25, 0.3) is 6.08 Å². The third-order valence-corrected chi connectivity index (χ3v) is 3.92. The maximum absolute atomic E-state index is 12.1. The number of benzene rings is 2. The quantitative estimate of drug-likeness (QED) is 0.413. The van der Waals surface area contributed by atoms with Gasteiger partial charge in [-0.25, -0.2) is 0 Å². The summed E-state index contributed by atoms with van der Waals surface area (Å²) in [5, 5.41) is 12.0. The first kappa shape index (κ1) is 20.1. The zero-order valence-electron chi connectivity index (χ0n) is 15.7. The summed E-state index contributed by atoms with van der Waals surface area (Å²) in [6.45, 7) is 3.03. The van der Waals surface area contributed by atoms with E-state index in [0.717, 1.165) is 18.4 Å². The zero-order chi connectivity index (χ0) is 19.5. The van der Waals surface area contributed by atoms with Crippen molar-refractivity contribution in [2.45, 2.75) is 26.4 Å². The van der Waals surface area contributed by atoms with E-state index >= 15 is 0 Å². The summed E-state index contributed by atoms with van der Waals surface area (Å²) < 4.78 is 11.2. The minimum absolute atomic E-state index is 0.0612. The first-order valence-corrected chi connectivity index (χ1v) is 8.92. The standard InChI is InChI=1S/C22H24N2O3/c1-3-4-12-24-22(25)19(15-23)13-18-10-11-20(21(14-18)26-2)27-16-17-8-6-5-7-9-17/h5-11,13-14H,3-4,12,16H2,1-2H3,(H,24,25)/b19-13+. The van der Waals surface area contributed by atoms with E-state index in [2.05, 4.69) is 5.32 Å². The molecule has 0 aliphatic rings. The number of methoxy groups -OCH3 is 1. The molecule has 140 valence electrons. The van der Waals surface area contributed by atoms with Gasteiger partial charge in [-0.3, -0.25) is 4.79 Å². The summed E-state index contributed by atoms with van der Waals surface area (Å²) >= 11 is 0. The molecule has 0 aromatic heterocycles. The minimum Gasteiger partial charge on any atom is -0.493 e. The van der Waals surface area contributed by atoms with Crippen LogP contribution in [0, 0.1) is 11.3 Å². The van der Waals surface area contributed by atoms with Gasteiger partial charge in [0.2, 0.25) is 0 Å². The molecule has 0 aliphatic carbocycles. The molecule has 27 heavy (non-hydrogen) atoms. The first-order chi connectivity index (χ1) is 13.2. The number of hydrogen-bond donors (Lipinski definition) is 1. The number of nitrogens with one attached hydrogen (secondary N) is 1. The lowest BCUT2D eigenvalue weighted by Gasteiger charge is -2.11. The third-order valence-electron chi connectivity index (χ3n) is 3.92. The van der Waals surface area contributed by atoms with Crippen molar-refractivity contribution in [1.29, 1.82) is 5.26 Å². The van der Waals surface area contributed by atoms with Gasteiger partial charge in [0.25, 0.3) is 5.91 Å². The summed E-state index contributed by atoms with van der Waals surface area (Å²) in [5.41, 5.74) is 1.81. The maximum Gasteiger partial charge on any atom is 0.261 e. The summed E-state index contributed by atoms with van der Waals surface area (Å²) in [7, 11) is 1.56. The van der Waals surface area contributed by atoms with Crippen LogP contribution in [-0.4, -0.2) is 19.6 Å². The summed E-state index contributed by atoms with van der Waals surface area (Å²) in [6.07, 6.45) is 3.41. The van der Waals surface area contributed by atoms with Gasteiger partial charge in [0.05, 0.1) is 7.11 Å². The van der Waals surface area contributed by atoms with Crippen molar-refractivity contribution in [2.24, 2.45) is 0 Å². The predicted molar refractivity (Wildman–Crippen MR) is 105 cm³/mol. The van der Waals surface area contributed by atoms with Crippen LogP contribution in [0.1, 0.15) is 30.9 Å². The van der Waals surface area contributed by atoms with Gasteiger partial charge >= 0.3 is 0 Å². The number of carbonyl (C=O) groups excluding carboxylic acids is 1.